The lowest BCUT2D eigenvalue weighted by molar-refractivity contribution is -0.123. The van der Waals surface area contributed by atoms with Gasteiger partial charge in [0.15, 0.2) is 6.61 Å². The Labute approximate surface area is 164 Å². The number of hydrogen-bond donors (Lipinski definition) is 2. The fourth-order valence-corrected chi connectivity index (χ4v) is 4.26. The summed E-state index contributed by atoms with van der Waals surface area (Å²) in [5.41, 5.74) is 0.0151. The van der Waals surface area contributed by atoms with E-state index in [9.17, 15) is 22.8 Å². The summed E-state index contributed by atoms with van der Waals surface area (Å²) >= 11 is 0. The molecule has 0 aliphatic carbocycles. The molecule has 0 unspecified atom stereocenters. The van der Waals surface area contributed by atoms with Crippen molar-refractivity contribution in [2.45, 2.75) is 37.5 Å². The number of carbonyl (C=O) groups excluding carboxylic acids is 3. The summed E-state index contributed by atoms with van der Waals surface area (Å²) in [5.74, 6) is -1.63. The number of amides is 3. The Bertz CT molecular complexity index is 818. The zero-order valence-electron chi connectivity index (χ0n) is 15.8. The van der Waals surface area contributed by atoms with Crippen LogP contribution < -0.4 is 10.6 Å². The Hall–Kier alpha value is -2.46. The quantitative estimate of drug-likeness (QED) is 0.651. The van der Waals surface area contributed by atoms with E-state index in [4.69, 9.17) is 4.74 Å². The van der Waals surface area contributed by atoms with E-state index in [2.05, 4.69) is 5.32 Å². The van der Waals surface area contributed by atoms with Crippen molar-refractivity contribution in [3.05, 3.63) is 29.8 Å². The lowest BCUT2D eigenvalue weighted by Gasteiger charge is -2.25. The van der Waals surface area contributed by atoms with Gasteiger partial charge < -0.3 is 10.1 Å². The standard InChI is InChI=1S/C18H25N3O6S/c1-2-9-19-18(24)20-16(22)13-27-17(23)14-7-6-8-15(12-14)28(25,26)21-10-4-3-5-11-21/h6-8,12H,2-5,9-11,13H2,1H3,(H2,19,20,22,24). The number of imide groups is 1. The van der Waals surface area contributed by atoms with Crippen LogP contribution in [0, 0.1) is 0 Å². The molecule has 0 aromatic heterocycles. The number of benzene rings is 1. The van der Waals surface area contributed by atoms with E-state index >= 15 is 0 Å². The number of nitrogens with one attached hydrogen (secondary N) is 2. The molecule has 1 saturated heterocycles. The molecule has 1 fully saturated rings. The average molecular weight is 411 g/mol. The Morgan fingerprint density at radius 3 is 2.54 bits per heavy atom. The van der Waals surface area contributed by atoms with Gasteiger partial charge in [0.1, 0.15) is 0 Å². The largest absolute Gasteiger partial charge is 0.452 e. The number of hydrogen-bond acceptors (Lipinski definition) is 6. The van der Waals surface area contributed by atoms with Gasteiger partial charge in [0.2, 0.25) is 10.0 Å². The van der Waals surface area contributed by atoms with Gasteiger partial charge in [-0.05, 0) is 37.5 Å². The summed E-state index contributed by atoms with van der Waals surface area (Å²) in [6.07, 6.45) is 3.33. The molecule has 3 amide bonds. The van der Waals surface area contributed by atoms with Gasteiger partial charge in [-0.25, -0.2) is 18.0 Å². The predicted molar refractivity (Wildman–Crippen MR) is 101 cm³/mol. The van der Waals surface area contributed by atoms with Gasteiger partial charge in [0, 0.05) is 19.6 Å². The van der Waals surface area contributed by atoms with Crippen LogP contribution in [0.5, 0.6) is 0 Å². The first-order chi connectivity index (χ1) is 13.3. The minimum absolute atomic E-state index is 0.00671. The normalized spacial score (nSPS) is 14.9. The second kappa shape index (κ2) is 10.2. The number of piperidine rings is 1. The third-order valence-corrected chi connectivity index (χ3v) is 6.04. The van der Waals surface area contributed by atoms with Crippen LogP contribution >= 0.6 is 0 Å². The molecule has 1 aromatic rings. The van der Waals surface area contributed by atoms with Crippen molar-refractivity contribution >= 4 is 27.9 Å². The molecule has 1 aliphatic rings. The SMILES string of the molecule is CCCNC(=O)NC(=O)COC(=O)c1cccc(S(=O)(=O)N2CCCCC2)c1. The maximum absolute atomic E-state index is 12.7. The van der Waals surface area contributed by atoms with Crippen molar-refractivity contribution in [2.24, 2.45) is 0 Å². The van der Waals surface area contributed by atoms with Gasteiger partial charge in [0.25, 0.3) is 5.91 Å². The molecule has 10 heteroatoms. The Morgan fingerprint density at radius 1 is 1.14 bits per heavy atom. The highest BCUT2D eigenvalue weighted by Gasteiger charge is 2.26. The molecule has 0 spiro atoms. The lowest BCUT2D eigenvalue weighted by atomic mass is 10.2. The van der Waals surface area contributed by atoms with Crippen LogP contribution in [0.3, 0.4) is 0 Å². The van der Waals surface area contributed by atoms with E-state index in [1.807, 2.05) is 12.2 Å². The molecule has 0 bridgehead atoms. The molecular formula is C18H25N3O6S. The second-order valence-corrected chi connectivity index (χ2v) is 8.31. The fraction of sp³-hybridized carbons (Fsp3) is 0.500. The molecule has 0 radical (unpaired) electrons. The van der Waals surface area contributed by atoms with Crippen molar-refractivity contribution in [1.29, 1.82) is 0 Å². The number of urea groups is 1. The molecular weight excluding hydrogens is 386 g/mol. The van der Waals surface area contributed by atoms with E-state index in [1.54, 1.807) is 0 Å². The molecule has 0 saturated carbocycles. The third kappa shape index (κ3) is 6.03. The Balaban J connectivity index is 1.96. The Kier molecular flexibility index (Phi) is 7.94. The van der Waals surface area contributed by atoms with E-state index in [-0.39, 0.29) is 10.5 Å². The van der Waals surface area contributed by atoms with Crippen molar-refractivity contribution in [2.75, 3.05) is 26.2 Å². The van der Waals surface area contributed by atoms with Gasteiger partial charge >= 0.3 is 12.0 Å². The molecule has 0 atom stereocenters. The van der Waals surface area contributed by atoms with E-state index in [1.165, 1.54) is 28.6 Å². The van der Waals surface area contributed by atoms with Crippen LogP contribution in [0.1, 0.15) is 43.0 Å². The molecule has 1 aromatic carbocycles. The first-order valence-corrected chi connectivity index (χ1v) is 10.6. The number of carbonyl (C=O) groups is 3. The highest BCUT2D eigenvalue weighted by Crippen LogP contribution is 2.21. The smallest absolute Gasteiger partial charge is 0.338 e. The number of esters is 1. The number of nitrogens with zero attached hydrogens (tertiary/aromatic N) is 1. The molecule has 154 valence electrons. The van der Waals surface area contributed by atoms with Crippen molar-refractivity contribution in [3.8, 4) is 0 Å². The number of rotatable bonds is 7. The lowest BCUT2D eigenvalue weighted by Crippen LogP contribution is -2.41. The van der Waals surface area contributed by atoms with Crippen LogP contribution in [-0.4, -0.2) is 56.9 Å². The molecule has 2 N–H and O–H groups in total. The molecule has 1 aliphatic heterocycles. The molecule has 9 nitrogen and oxygen atoms in total. The molecule has 2 rings (SSSR count). The molecule has 28 heavy (non-hydrogen) atoms. The minimum atomic E-state index is -3.68. The maximum atomic E-state index is 12.7. The monoisotopic (exact) mass is 411 g/mol. The summed E-state index contributed by atoms with van der Waals surface area (Å²) in [6.45, 7) is 2.54. The highest BCUT2D eigenvalue weighted by molar-refractivity contribution is 7.89. The van der Waals surface area contributed by atoms with Crippen LogP contribution in [0.25, 0.3) is 0 Å². The summed E-state index contributed by atoms with van der Waals surface area (Å²) < 4.78 is 31.7. The summed E-state index contributed by atoms with van der Waals surface area (Å²) in [5, 5.41) is 4.49. The zero-order chi connectivity index (χ0) is 20.6. The second-order valence-electron chi connectivity index (χ2n) is 6.37. The van der Waals surface area contributed by atoms with Crippen LogP contribution in [0.4, 0.5) is 4.79 Å². The zero-order valence-corrected chi connectivity index (χ0v) is 16.6. The number of sulfonamides is 1. The van der Waals surface area contributed by atoms with Crippen molar-refractivity contribution in [3.63, 3.8) is 0 Å². The minimum Gasteiger partial charge on any atom is -0.452 e. The molecule has 1 heterocycles. The fourth-order valence-electron chi connectivity index (χ4n) is 2.70. The highest BCUT2D eigenvalue weighted by atomic mass is 32.2. The maximum Gasteiger partial charge on any atom is 0.338 e. The van der Waals surface area contributed by atoms with Gasteiger partial charge in [-0.15, -0.1) is 0 Å². The van der Waals surface area contributed by atoms with Crippen molar-refractivity contribution < 1.29 is 27.5 Å². The van der Waals surface area contributed by atoms with Crippen LogP contribution in [-0.2, 0) is 19.6 Å². The van der Waals surface area contributed by atoms with Crippen LogP contribution in [0.2, 0.25) is 0 Å². The summed E-state index contributed by atoms with van der Waals surface area (Å²) in [7, 11) is -3.68. The first kappa shape index (κ1) is 21.8. The summed E-state index contributed by atoms with van der Waals surface area (Å²) in [4.78, 5) is 35.2. The summed E-state index contributed by atoms with van der Waals surface area (Å²) in [6, 6.07) is 4.84. The topological polar surface area (TPSA) is 122 Å². The van der Waals surface area contributed by atoms with Gasteiger partial charge in [-0.2, -0.15) is 4.31 Å². The van der Waals surface area contributed by atoms with Crippen molar-refractivity contribution in [1.82, 2.24) is 14.9 Å². The van der Waals surface area contributed by atoms with E-state index < -0.39 is 34.5 Å². The van der Waals surface area contributed by atoms with Gasteiger partial charge in [0.05, 0.1) is 10.5 Å². The van der Waals surface area contributed by atoms with Crippen LogP contribution in [0.15, 0.2) is 29.2 Å². The number of ether oxygens (including phenoxy) is 1. The Morgan fingerprint density at radius 2 is 1.86 bits per heavy atom. The first-order valence-electron chi connectivity index (χ1n) is 9.19. The van der Waals surface area contributed by atoms with Gasteiger partial charge in [-0.3, -0.25) is 10.1 Å². The van der Waals surface area contributed by atoms with Gasteiger partial charge in [-0.1, -0.05) is 19.4 Å². The average Bonchev–Trinajstić information content (AvgIpc) is 2.71. The predicted octanol–water partition coefficient (Wildman–Crippen LogP) is 1.25. The van der Waals surface area contributed by atoms with E-state index in [0.717, 1.165) is 19.3 Å². The third-order valence-electron chi connectivity index (χ3n) is 4.15. The van der Waals surface area contributed by atoms with E-state index in [0.29, 0.717) is 26.1 Å².